The normalized spacial score (nSPS) is 14.6. The Bertz CT molecular complexity index is 1350. The van der Waals surface area contributed by atoms with Crippen molar-refractivity contribution in [1.82, 2.24) is 0 Å². The molecule has 1 aliphatic rings. The van der Waals surface area contributed by atoms with Crippen LogP contribution in [-0.4, -0.2) is 19.6 Å². The third kappa shape index (κ3) is 5.54. The molecule has 0 aliphatic heterocycles. The molecule has 210 valence electrons. The molecule has 0 amide bonds. The zero-order valence-corrected chi connectivity index (χ0v) is 28.8. The average molecular weight is 558 g/mol. The van der Waals surface area contributed by atoms with Gasteiger partial charge in [0, 0.05) is 5.92 Å². The molecule has 0 saturated heterocycles. The van der Waals surface area contributed by atoms with Crippen LogP contribution in [0.4, 0.5) is 0 Å². The van der Waals surface area contributed by atoms with E-state index in [1.54, 1.807) is 0 Å². The summed E-state index contributed by atoms with van der Waals surface area (Å²) in [6, 6.07) is 24.0. The Morgan fingerprint density at radius 3 is 1.46 bits per heavy atom. The smallest absolute Gasteiger partial charge is 0.170 e. The van der Waals surface area contributed by atoms with Crippen LogP contribution in [0.15, 0.2) is 65.1 Å². The second-order valence-electron chi connectivity index (χ2n) is 15.3. The van der Waals surface area contributed by atoms with Gasteiger partial charge in [-0.25, -0.2) is 0 Å². The lowest BCUT2D eigenvalue weighted by molar-refractivity contribution is 0.589. The van der Waals surface area contributed by atoms with Crippen LogP contribution in [-0.2, 0) is 10.8 Å². The van der Waals surface area contributed by atoms with Gasteiger partial charge in [-0.15, -0.1) is 0 Å². The Balaban J connectivity index is 2.13. The topological polar surface area (TPSA) is 12.4 Å². The first-order valence-electron chi connectivity index (χ1n) is 14.9. The molecule has 3 aromatic rings. The third-order valence-electron chi connectivity index (χ3n) is 8.42. The molecule has 0 heterocycles. The van der Waals surface area contributed by atoms with Crippen molar-refractivity contribution in [3.05, 3.63) is 88.5 Å². The number of fused-ring (bicyclic) bond motifs is 3. The summed E-state index contributed by atoms with van der Waals surface area (Å²) >= 11 is 0. The van der Waals surface area contributed by atoms with E-state index < -0.39 is 15.3 Å². The van der Waals surface area contributed by atoms with Crippen LogP contribution in [0.25, 0.3) is 11.1 Å². The SMILES string of the molecule is CC(C)P(=N[Si](C)(C)C)(c1ccccc1C1c2cc(C(C)(C)C)ccc2-c2ccc(C(C)(C)C)cc21)C(C)C. The molecular formula is C36H52NPSi. The second-order valence-corrected chi connectivity index (χ2v) is 24.5. The fourth-order valence-corrected chi connectivity index (χ4v) is 16.0. The molecule has 0 saturated carbocycles. The van der Waals surface area contributed by atoms with Gasteiger partial charge in [0.1, 0.15) is 0 Å². The molecular weight excluding hydrogens is 505 g/mol. The Kier molecular flexibility index (Phi) is 7.85. The summed E-state index contributed by atoms with van der Waals surface area (Å²) in [5.74, 6) is 0.226. The predicted molar refractivity (Wildman–Crippen MR) is 179 cm³/mol. The first kappa shape index (κ1) is 30.1. The highest BCUT2D eigenvalue weighted by atomic mass is 31.2. The van der Waals surface area contributed by atoms with Gasteiger partial charge in [-0.1, -0.05) is 150 Å². The molecule has 3 aromatic carbocycles. The molecule has 0 N–H and O–H groups in total. The van der Waals surface area contributed by atoms with Gasteiger partial charge in [0.2, 0.25) is 0 Å². The van der Waals surface area contributed by atoms with Crippen LogP contribution in [0.1, 0.15) is 103 Å². The number of hydrogen-bond donors (Lipinski definition) is 0. The van der Waals surface area contributed by atoms with Crippen LogP contribution in [0, 0.1) is 0 Å². The molecule has 1 aliphatic carbocycles. The lowest BCUT2D eigenvalue weighted by Gasteiger charge is -2.39. The summed E-state index contributed by atoms with van der Waals surface area (Å²) in [7, 11) is -3.53. The number of hydrogen-bond acceptors (Lipinski definition) is 1. The summed E-state index contributed by atoms with van der Waals surface area (Å²) < 4.78 is 5.92. The van der Waals surface area contributed by atoms with Crippen molar-refractivity contribution in [1.29, 1.82) is 0 Å². The van der Waals surface area contributed by atoms with E-state index in [0.29, 0.717) is 11.3 Å². The van der Waals surface area contributed by atoms with Crippen molar-refractivity contribution >= 4 is 20.6 Å². The molecule has 0 aromatic heterocycles. The molecule has 39 heavy (non-hydrogen) atoms. The number of nitrogens with zero attached hydrogens (tertiary/aromatic N) is 1. The summed E-state index contributed by atoms with van der Waals surface area (Å²) in [6.45, 7) is 31.0. The Labute approximate surface area is 241 Å². The number of rotatable bonds is 5. The summed E-state index contributed by atoms with van der Waals surface area (Å²) in [4.78, 5) is 0. The maximum atomic E-state index is 5.92. The van der Waals surface area contributed by atoms with E-state index in [1.807, 2.05) is 0 Å². The highest BCUT2D eigenvalue weighted by Gasteiger charge is 2.39. The molecule has 4 rings (SSSR count). The van der Waals surface area contributed by atoms with Crippen LogP contribution in [0.3, 0.4) is 0 Å². The zero-order chi connectivity index (χ0) is 29.1. The third-order valence-corrected chi connectivity index (χ3v) is 16.5. The minimum atomic E-state index is -1.83. The van der Waals surface area contributed by atoms with E-state index in [9.17, 15) is 0 Å². The first-order valence-corrected chi connectivity index (χ1v) is 20.2. The Morgan fingerprint density at radius 2 is 1.08 bits per heavy atom. The molecule has 1 nitrogen and oxygen atoms in total. The van der Waals surface area contributed by atoms with Crippen molar-refractivity contribution in [2.75, 3.05) is 0 Å². The molecule has 0 radical (unpaired) electrons. The highest BCUT2D eigenvalue weighted by molar-refractivity contribution is 7.76. The van der Waals surface area contributed by atoms with E-state index in [-0.39, 0.29) is 16.7 Å². The molecule has 0 bridgehead atoms. The summed E-state index contributed by atoms with van der Waals surface area (Å²) in [5.41, 5.74) is 11.3. The van der Waals surface area contributed by atoms with Crippen molar-refractivity contribution in [2.45, 2.75) is 117 Å². The van der Waals surface area contributed by atoms with Crippen molar-refractivity contribution in [3.8, 4) is 11.1 Å². The molecule has 0 spiro atoms. The summed E-state index contributed by atoms with van der Waals surface area (Å²) in [6.07, 6.45) is 0. The van der Waals surface area contributed by atoms with E-state index in [1.165, 1.54) is 44.2 Å². The van der Waals surface area contributed by atoms with Crippen molar-refractivity contribution in [3.63, 3.8) is 0 Å². The second kappa shape index (κ2) is 10.2. The fourth-order valence-electron chi connectivity index (χ4n) is 6.52. The average Bonchev–Trinajstić information content (AvgIpc) is 3.13. The molecule has 3 heteroatoms. The predicted octanol–water partition coefficient (Wildman–Crippen LogP) is 10.9. The van der Waals surface area contributed by atoms with Crippen LogP contribution < -0.4 is 5.30 Å². The van der Waals surface area contributed by atoms with E-state index in [0.717, 1.165) is 0 Å². The summed E-state index contributed by atoms with van der Waals surface area (Å²) in [5, 5.41) is 1.53. The van der Waals surface area contributed by atoms with Gasteiger partial charge >= 0.3 is 0 Å². The zero-order valence-electron chi connectivity index (χ0n) is 26.9. The lowest BCUT2D eigenvalue weighted by Crippen LogP contribution is -2.29. The van der Waals surface area contributed by atoms with Gasteiger partial charge in [-0.2, -0.15) is 0 Å². The maximum absolute atomic E-state index is 5.92. The molecule has 0 fully saturated rings. The number of benzene rings is 3. The largest absolute Gasteiger partial charge is 0.333 e. The van der Waals surface area contributed by atoms with Gasteiger partial charge in [0.15, 0.2) is 8.24 Å². The first-order chi connectivity index (χ1) is 17.9. The van der Waals surface area contributed by atoms with Crippen LogP contribution >= 0.6 is 7.05 Å². The van der Waals surface area contributed by atoms with Gasteiger partial charge < -0.3 is 4.41 Å². The minimum absolute atomic E-state index is 0.101. The van der Waals surface area contributed by atoms with Gasteiger partial charge in [0.25, 0.3) is 0 Å². The van der Waals surface area contributed by atoms with E-state index >= 15 is 0 Å². The quantitative estimate of drug-likeness (QED) is 0.171. The lowest BCUT2D eigenvalue weighted by atomic mass is 9.81. The van der Waals surface area contributed by atoms with Gasteiger partial charge in [-0.3, -0.25) is 0 Å². The van der Waals surface area contributed by atoms with E-state index in [4.69, 9.17) is 4.41 Å². The molecule has 0 unspecified atom stereocenters. The highest BCUT2D eigenvalue weighted by Crippen LogP contribution is 2.61. The van der Waals surface area contributed by atoms with Crippen LogP contribution in [0.2, 0.25) is 19.6 Å². The maximum Gasteiger partial charge on any atom is 0.170 e. The fraction of sp³-hybridized carbons (Fsp3) is 0.500. The minimum Gasteiger partial charge on any atom is -0.333 e. The monoisotopic (exact) mass is 557 g/mol. The Morgan fingerprint density at radius 1 is 0.641 bits per heavy atom. The van der Waals surface area contributed by atoms with Crippen LogP contribution in [0.5, 0.6) is 0 Å². The van der Waals surface area contributed by atoms with Crippen molar-refractivity contribution in [2.24, 2.45) is 4.41 Å². The van der Waals surface area contributed by atoms with Crippen molar-refractivity contribution < 1.29 is 0 Å². The standard InChI is InChI=1S/C36H52NPSi/c1-24(2)38(25(3)4,37-39(11,12)13)33-17-15-14-16-30(33)34-31-22-26(35(5,6)7)18-20-28(31)29-21-19-27(23-32(29)34)36(8,9)10/h14-25,34H,1-13H3. The van der Waals surface area contributed by atoms with E-state index in [2.05, 4.69) is 150 Å². The molecule has 0 atom stereocenters. The van der Waals surface area contributed by atoms with Gasteiger partial charge in [-0.05, 0) is 73.5 Å². The van der Waals surface area contributed by atoms with Gasteiger partial charge in [0.05, 0.1) is 0 Å². The Hall–Kier alpha value is -1.89.